The molecule has 33 heavy (non-hydrogen) atoms. The molecule has 3 rings (SSSR count). The SMILES string of the molecule is COc1ccc(-c2cc(C(=O)N(CCC(=O)N(C)Cc3ccccc3)CC(C)C)no2)cc1. The van der Waals surface area contributed by atoms with Crippen LogP contribution in [0.5, 0.6) is 5.75 Å². The van der Waals surface area contributed by atoms with Crippen molar-refractivity contribution in [3.8, 4) is 17.1 Å². The van der Waals surface area contributed by atoms with Crippen LogP contribution in [-0.4, -0.2) is 54.0 Å². The Morgan fingerprint density at radius 3 is 2.39 bits per heavy atom. The Hall–Kier alpha value is -3.61. The predicted molar refractivity (Wildman–Crippen MR) is 127 cm³/mol. The van der Waals surface area contributed by atoms with Gasteiger partial charge in [-0.1, -0.05) is 49.3 Å². The molecule has 0 N–H and O–H groups in total. The highest BCUT2D eigenvalue weighted by Gasteiger charge is 2.23. The van der Waals surface area contributed by atoms with Crippen LogP contribution in [0.25, 0.3) is 11.3 Å². The number of nitrogens with zero attached hydrogens (tertiary/aromatic N) is 3. The second-order valence-electron chi connectivity index (χ2n) is 8.44. The zero-order valence-electron chi connectivity index (χ0n) is 19.7. The molecule has 3 aromatic rings. The molecule has 0 aliphatic heterocycles. The van der Waals surface area contributed by atoms with Crippen molar-refractivity contribution in [2.75, 3.05) is 27.2 Å². The molecular weight excluding hydrogens is 418 g/mol. The number of amides is 2. The molecule has 7 heteroatoms. The van der Waals surface area contributed by atoms with Gasteiger partial charge in [-0.2, -0.15) is 0 Å². The molecule has 0 fully saturated rings. The lowest BCUT2D eigenvalue weighted by atomic mass is 10.1. The number of rotatable bonds is 10. The Kier molecular flexibility index (Phi) is 8.24. The second-order valence-corrected chi connectivity index (χ2v) is 8.44. The van der Waals surface area contributed by atoms with E-state index in [0.29, 0.717) is 25.4 Å². The van der Waals surface area contributed by atoms with Crippen LogP contribution < -0.4 is 4.74 Å². The van der Waals surface area contributed by atoms with Gasteiger partial charge in [0.2, 0.25) is 5.91 Å². The average Bonchev–Trinajstić information content (AvgIpc) is 3.32. The number of methoxy groups -OCH3 is 1. The fraction of sp³-hybridized carbons (Fsp3) is 0.346. The smallest absolute Gasteiger partial charge is 0.276 e. The van der Waals surface area contributed by atoms with E-state index in [1.807, 2.05) is 68.4 Å². The lowest BCUT2D eigenvalue weighted by molar-refractivity contribution is -0.130. The minimum atomic E-state index is -0.245. The van der Waals surface area contributed by atoms with Gasteiger partial charge in [0.05, 0.1) is 7.11 Å². The Balaban J connectivity index is 1.64. The Labute approximate surface area is 194 Å². The molecule has 0 spiro atoms. The number of carbonyl (C=O) groups is 2. The lowest BCUT2D eigenvalue weighted by Crippen LogP contribution is -2.38. The Morgan fingerprint density at radius 1 is 1.06 bits per heavy atom. The van der Waals surface area contributed by atoms with E-state index in [4.69, 9.17) is 9.26 Å². The summed E-state index contributed by atoms with van der Waals surface area (Å²) >= 11 is 0. The van der Waals surface area contributed by atoms with Gasteiger partial charge < -0.3 is 19.1 Å². The summed E-state index contributed by atoms with van der Waals surface area (Å²) in [6, 6.07) is 18.8. The monoisotopic (exact) mass is 449 g/mol. The van der Waals surface area contributed by atoms with Crippen LogP contribution in [0, 0.1) is 5.92 Å². The van der Waals surface area contributed by atoms with E-state index < -0.39 is 0 Å². The van der Waals surface area contributed by atoms with E-state index in [9.17, 15) is 9.59 Å². The maximum Gasteiger partial charge on any atom is 0.276 e. The van der Waals surface area contributed by atoms with Crippen LogP contribution >= 0.6 is 0 Å². The molecule has 1 heterocycles. The van der Waals surface area contributed by atoms with Gasteiger partial charge >= 0.3 is 0 Å². The van der Waals surface area contributed by atoms with Gasteiger partial charge in [0.1, 0.15) is 5.75 Å². The standard InChI is InChI=1S/C26H31N3O4/c1-19(2)17-29(15-14-25(30)28(3)18-20-8-6-5-7-9-20)26(31)23-16-24(33-27-23)21-10-12-22(32-4)13-11-21/h5-13,16,19H,14-15,17-18H2,1-4H3. The zero-order chi connectivity index (χ0) is 23.8. The van der Waals surface area contributed by atoms with Crippen molar-refractivity contribution in [3.63, 3.8) is 0 Å². The molecule has 0 aliphatic rings. The molecule has 0 aliphatic carbocycles. The summed E-state index contributed by atoms with van der Waals surface area (Å²) < 4.78 is 10.6. The van der Waals surface area contributed by atoms with Crippen LogP contribution in [0.3, 0.4) is 0 Å². The molecular formula is C26H31N3O4. The van der Waals surface area contributed by atoms with E-state index in [1.165, 1.54) is 0 Å². The summed E-state index contributed by atoms with van der Waals surface area (Å²) in [6.45, 7) is 5.45. The quantitative estimate of drug-likeness (QED) is 0.456. The first kappa shape index (κ1) is 24.0. The molecule has 174 valence electrons. The fourth-order valence-electron chi connectivity index (χ4n) is 3.51. The number of hydrogen-bond donors (Lipinski definition) is 0. The third-order valence-electron chi connectivity index (χ3n) is 5.26. The zero-order valence-corrected chi connectivity index (χ0v) is 19.7. The largest absolute Gasteiger partial charge is 0.497 e. The van der Waals surface area contributed by atoms with Gasteiger partial charge in [-0.05, 0) is 35.7 Å². The van der Waals surface area contributed by atoms with E-state index in [1.54, 1.807) is 30.0 Å². The average molecular weight is 450 g/mol. The summed E-state index contributed by atoms with van der Waals surface area (Å²) in [5.41, 5.74) is 2.10. The molecule has 0 radical (unpaired) electrons. The third kappa shape index (κ3) is 6.68. The predicted octanol–water partition coefficient (Wildman–Crippen LogP) is 4.50. The van der Waals surface area contributed by atoms with Gasteiger partial charge in [0, 0.05) is 44.7 Å². The number of hydrogen-bond acceptors (Lipinski definition) is 5. The molecule has 7 nitrogen and oxygen atoms in total. The maximum atomic E-state index is 13.2. The third-order valence-corrected chi connectivity index (χ3v) is 5.26. The van der Waals surface area contributed by atoms with E-state index in [2.05, 4.69) is 5.16 Å². The number of carbonyl (C=O) groups excluding carboxylic acids is 2. The molecule has 0 saturated carbocycles. The summed E-state index contributed by atoms with van der Waals surface area (Å²) in [5.74, 6) is 1.23. The summed E-state index contributed by atoms with van der Waals surface area (Å²) in [4.78, 5) is 29.2. The van der Waals surface area contributed by atoms with Crippen molar-refractivity contribution in [2.24, 2.45) is 5.92 Å². The van der Waals surface area contributed by atoms with Crippen molar-refractivity contribution in [1.29, 1.82) is 0 Å². The molecule has 0 bridgehead atoms. The number of ether oxygens (including phenoxy) is 1. The molecule has 0 saturated heterocycles. The first-order valence-corrected chi connectivity index (χ1v) is 11.1. The van der Waals surface area contributed by atoms with E-state index >= 15 is 0 Å². The fourth-order valence-corrected chi connectivity index (χ4v) is 3.51. The molecule has 1 aromatic heterocycles. The Morgan fingerprint density at radius 2 is 1.76 bits per heavy atom. The first-order valence-electron chi connectivity index (χ1n) is 11.1. The number of benzene rings is 2. The van der Waals surface area contributed by atoms with Gasteiger partial charge in [0.25, 0.3) is 5.91 Å². The minimum Gasteiger partial charge on any atom is -0.497 e. The first-order chi connectivity index (χ1) is 15.9. The molecule has 2 aromatic carbocycles. The van der Waals surface area contributed by atoms with Crippen molar-refractivity contribution in [3.05, 3.63) is 71.9 Å². The van der Waals surface area contributed by atoms with Crippen LogP contribution in [-0.2, 0) is 11.3 Å². The van der Waals surface area contributed by atoms with Crippen LogP contribution in [0.2, 0.25) is 0 Å². The van der Waals surface area contributed by atoms with Gasteiger partial charge in [-0.25, -0.2) is 0 Å². The van der Waals surface area contributed by atoms with Crippen molar-refractivity contribution in [1.82, 2.24) is 15.0 Å². The molecule has 2 amide bonds. The molecule has 0 atom stereocenters. The van der Waals surface area contributed by atoms with Crippen LogP contribution in [0.4, 0.5) is 0 Å². The van der Waals surface area contributed by atoms with Crippen molar-refractivity contribution >= 4 is 11.8 Å². The highest BCUT2D eigenvalue weighted by Crippen LogP contribution is 2.23. The van der Waals surface area contributed by atoms with Crippen LogP contribution in [0.15, 0.2) is 65.2 Å². The van der Waals surface area contributed by atoms with Gasteiger partial charge in [-0.15, -0.1) is 0 Å². The summed E-state index contributed by atoms with van der Waals surface area (Å²) in [5, 5.41) is 3.99. The highest BCUT2D eigenvalue weighted by molar-refractivity contribution is 5.93. The van der Waals surface area contributed by atoms with Gasteiger partial charge in [-0.3, -0.25) is 9.59 Å². The van der Waals surface area contributed by atoms with E-state index in [0.717, 1.165) is 16.9 Å². The minimum absolute atomic E-state index is 0.0144. The number of aromatic nitrogens is 1. The van der Waals surface area contributed by atoms with Crippen molar-refractivity contribution in [2.45, 2.75) is 26.8 Å². The van der Waals surface area contributed by atoms with Crippen LogP contribution in [0.1, 0.15) is 36.3 Å². The topological polar surface area (TPSA) is 75.9 Å². The normalized spacial score (nSPS) is 10.8. The summed E-state index contributed by atoms with van der Waals surface area (Å²) in [7, 11) is 3.39. The van der Waals surface area contributed by atoms with Gasteiger partial charge in [0.15, 0.2) is 11.5 Å². The van der Waals surface area contributed by atoms with E-state index in [-0.39, 0.29) is 29.8 Å². The maximum absolute atomic E-state index is 13.2. The lowest BCUT2D eigenvalue weighted by Gasteiger charge is -2.25. The summed E-state index contributed by atoms with van der Waals surface area (Å²) in [6.07, 6.45) is 0.241. The second kappa shape index (κ2) is 11.3. The van der Waals surface area contributed by atoms with Crippen molar-refractivity contribution < 1.29 is 18.8 Å². The highest BCUT2D eigenvalue weighted by atomic mass is 16.5. The Bertz CT molecular complexity index is 1040. The molecule has 0 unspecified atom stereocenters.